The topological polar surface area (TPSA) is 40.5 Å². The van der Waals surface area contributed by atoms with E-state index in [1.54, 1.807) is 30.3 Å². The first-order valence-corrected chi connectivity index (χ1v) is 4.23. The van der Waals surface area contributed by atoms with Crippen molar-refractivity contribution in [2.24, 2.45) is 0 Å². The fourth-order valence-corrected chi connectivity index (χ4v) is 1.43. The molecule has 0 aromatic heterocycles. The molecule has 0 radical (unpaired) electrons. The maximum atomic E-state index is 13.4. The van der Waals surface area contributed by atoms with Gasteiger partial charge < -0.3 is 10.0 Å². The first kappa shape index (κ1) is 9.18. The van der Waals surface area contributed by atoms with Gasteiger partial charge in [0.05, 0.1) is 0 Å². The summed E-state index contributed by atoms with van der Waals surface area (Å²) >= 11 is 0. The largest absolute Gasteiger partial charge is 0.488 e. The minimum atomic E-state index is -1.63. The van der Waals surface area contributed by atoms with Crippen molar-refractivity contribution in [3.05, 3.63) is 42.2 Å². The van der Waals surface area contributed by atoms with Crippen molar-refractivity contribution in [3.63, 3.8) is 0 Å². The van der Waals surface area contributed by atoms with Crippen molar-refractivity contribution in [2.75, 3.05) is 0 Å². The summed E-state index contributed by atoms with van der Waals surface area (Å²) in [4.78, 5) is 0. The highest BCUT2D eigenvalue weighted by Crippen LogP contribution is 2.15. The molecule has 0 fully saturated rings. The van der Waals surface area contributed by atoms with E-state index in [0.717, 1.165) is 6.07 Å². The molecule has 2 rings (SSSR count). The lowest BCUT2D eigenvalue weighted by Crippen LogP contribution is -2.30. The predicted octanol–water partition coefficient (Wildman–Crippen LogP) is 0.659. The van der Waals surface area contributed by atoms with E-state index in [9.17, 15) is 4.39 Å². The molecule has 2 N–H and O–H groups in total. The average Bonchev–Trinajstić information content (AvgIpc) is 2.17. The highest BCUT2D eigenvalue weighted by Gasteiger charge is 2.13. The van der Waals surface area contributed by atoms with Crippen LogP contribution in [0.25, 0.3) is 10.8 Å². The van der Waals surface area contributed by atoms with Crippen LogP contribution in [-0.2, 0) is 0 Å². The number of fused-ring (bicyclic) bond motifs is 1. The van der Waals surface area contributed by atoms with Crippen LogP contribution in [-0.4, -0.2) is 17.2 Å². The number of benzene rings is 2. The van der Waals surface area contributed by atoms with E-state index < -0.39 is 12.9 Å². The molecule has 0 aliphatic carbocycles. The highest BCUT2D eigenvalue weighted by molar-refractivity contribution is 6.58. The van der Waals surface area contributed by atoms with Gasteiger partial charge in [-0.05, 0) is 16.9 Å². The highest BCUT2D eigenvalue weighted by atomic mass is 19.1. The smallest absolute Gasteiger partial charge is 0.423 e. The lowest BCUT2D eigenvalue weighted by atomic mass is 9.79. The van der Waals surface area contributed by atoms with Crippen molar-refractivity contribution in [1.82, 2.24) is 0 Å². The molecule has 2 nitrogen and oxygen atoms in total. The molecule has 0 spiro atoms. The Morgan fingerprint density at radius 3 is 2.50 bits per heavy atom. The van der Waals surface area contributed by atoms with Gasteiger partial charge in [0.25, 0.3) is 0 Å². The van der Waals surface area contributed by atoms with Crippen molar-refractivity contribution in [1.29, 1.82) is 0 Å². The number of halogens is 1. The summed E-state index contributed by atoms with van der Waals surface area (Å²) < 4.78 is 13.4. The van der Waals surface area contributed by atoms with Gasteiger partial charge in [0, 0.05) is 5.39 Å². The van der Waals surface area contributed by atoms with Gasteiger partial charge in [-0.2, -0.15) is 0 Å². The van der Waals surface area contributed by atoms with Crippen LogP contribution in [0.4, 0.5) is 4.39 Å². The summed E-state index contributed by atoms with van der Waals surface area (Å²) in [5.41, 5.74) is 0.168. The molecule has 14 heavy (non-hydrogen) atoms. The Kier molecular flexibility index (Phi) is 2.23. The van der Waals surface area contributed by atoms with Gasteiger partial charge in [-0.15, -0.1) is 0 Å². The SMILES string of the molecule is OB(O)c1cc(F)c2ccccc2c1. The lowest BCUT2D eigenvalue weighted by molar-refractivity contribution is 0.425. The van der Waals surface area contributed by atoms with Crippen LogP contribution < -0.4 is 5.46 Å². The predicted molar refractivity (Wildman–Crippen MR) is 53.7 cm³/mol. The van der Waals surface area contributed by atoms with Crippen LogP contribution in [0.15, 0.2) is 36.4 Å². The van der Waals surface area contributed by atoms with Crippen molar-refractivity contribution >= 4 is 23.4 Å². The Hall–Kier alpha value is -1.39. The molecule has 0 saturated carbocycles. The zero-order chi connectivity index (χ0) is 10.1. The Morgan fingerprint density at radius 1 is 1.07 bits per heavy atom. The maximum Gasteiger partial charge on any atom is 0.488 e. The monoisotopic (exact) mass is 190 g/mol. The Balaban J connectivity index is 2.72. The van der Waals surface area contributed by atoms with Gasteiger partial charge in [0.15, 0.2) is 0 Å². The van der Waals surface area contributed by atoms with Gasteiger partial charge in [0.2, 0.25) is 0 Å². The average molecular weight is 190 g/mol. The van der Waals surface area contributed by atoms with Crippen LogP contribution in [0.2, 0.25) is 0 Å². The Bertz CT molecular complexity index is 471. The second-order valence-electron chi connectivity index (χ2n) is 3.10. The molecule has 0 aliphatic rings. The van der Waals surface area contributed by atoms with Gasteiger partial charge in [-0.25, -0.2) is 4.39 Å². The summed E-state index contributed by atoms with van der Waals surface area (Å²) in [6.07, 6.45) is 0. The summed E-state index contributed by atoms with van der Waals surface area (Å²) in [7, 11) is -1.63. The van der Waals surface area contributed by atoms with Gasteiger partial charge >= 0.3 is 7.12 Å². The fourth-order valence-electron chi connectivity index (χ4n) is 1.43. The first-order valence-electron chi connectivity index (χ1n) is 4.23. The molecule has 0 heterocycles. The third kappa shape index (κ3) is 1.50. The summed E-state index contributed by atoms with van der Waals surface area (Å²) in [6, 6.07) is 9.58. The number of hydrogen-bond acceptors (Lipinski definition) is 2. The van der Waals surface area contributed by atoms with E-state index >= 15 is 0 Å². The quantitative estimate of drug-likeness (QED) is 0.648. The van der Waals surface area contributed by atoms with Crippen LogP contribution in [0.3, 0.4) is 0 Å². The van der Waals surface area contributed by atoms with Crippen molar-refractivity contribution < 1.29 is 14.4 Å². The van der Waals surface area contributed by atoms with Crippen LogP contribution in [0.1, 0.15) is 0 Å². The van der Waals surface area contributed by atoms with Crippen LogP contribution in [0.5, 0.6) is 0 Å². The van der Waals surface area contributed by atoms with Gasteiger partial charge in [0.1, 0.15) is 5.82 Å². The van der Waals surface area contributed by atoms with E-state index in [0.29, 0.717) is 10.8 Å². The Labute approximate surface area is 80.8 Å². The zero-order valence-corrected chi connectivity index (χ0v) is 7.31. The zero-order valence-electron chi connectivity index (χ0n) is 7.31. The minimum Gasteiger partial charge on any atom is -0.423 e. The molecular formula is C10H8BFO2. The van der Waals surface area contributed by atoms with Gasteiger partial charge in [-0.3, -0.25) is 0 Å². The molecule has 0 saturated heterocycles. The summed E-state index contributed by atoms with van der Waals surface area (Å²) in [5, 5.41) is 18.9. The molecule has 70 valence electrons. The lowest BCUT2D eigenvalue weighted by Gasteiger charge is -2.03. The van der Waals surface area contributed by atoms with Crippen LogP contribution >= 0.6 is 0 Å². The second kappa shape index (κ2) is 3.40. The molecule has 4 heteroatoms. The van der Waals surface area contributed by atoms with Gasteiger partial charge in [-0.1, -0.05) is 30.3 Å². The number of hydrogen-bond donors (Lipinski definition) is 2. The fraction of sp³-hybridized carbons (Fsp3) is 0. The second-order valence-corrected chi connectivity index (χ2v) is 3.10. The van der Waals surface area contributed by atoms with Crippen LogP contribution in [0, 0.1) is 5.82 Å². The standard InChI is InChI=1S/C10H8BFO2/c12-10-6-8(11(13)14)5-7-3-1-2-4-9(7)10/h1-6,13-14H. The first-order chi connectivity index (χ1) is 6.68. The normalized spacial score (nSPS) is 10.5. The van der Waals surface area contributed by atoms with E-state index in [4.69, 9.17) is 10.0 Å². The van der Waals surface area contributed by atoms with E-state index in [-0.39, 0.29) is 5.46 Å². The molecule has 0 bridgehead atoms. The molecule has 0 atom stereocenters. The Morgan fingerprint density at radius 2 is 1.79 bits per heavy atom. The molecule has 2 aromatic rings. The third-order valence-corrected chi connectivity index (χ3v) is 2.13. The number of rotatable bonds is 1. The third-order valence-electron chi connectivity index (χ3n) is 2.13. The molecule has 0 amide bonds. The maximum absolute atomic E-state index is 13.4. The molecule has 2 aromatic carbocycles. The van der Waals surface area contributed by atoms with E-state index in [1.165, 1.54) is 0 Å². The summed E-state index contributed by atoms with van der Waals surface area (Å²) in [5.74, 6) is -0.439. The van der Waals surface area contributed by atoms with Crippen molar-refractivity contribution in [3.8, 4) is 0 Å². The molecule has 0 aliphatic heterocycles. The minimum absolute atomic E-state index is 0.168. The van der Waals surface area contributed by atoms with E-state index in [2.05, 4.69) is 0 Å². The van der Waals surface area contributed by atoms with E-state index in [1.807, 2.05) is 0 Å². The molecule has 0 unspecified atom stereocenters. The van der Waals surface area contributed by atoms with Crippen molar-refractivity contribution in [2.45, 2.75) is 0 Å². The molecular weight excluding hydrogens is 182 g/mol. The summed E-state index contributed by atoms with van der Waals surface area (Å²) in [6.45, 7) is 0.